The Morgan fingerprint density at radius 1 is 0.269 bits per heavy atom. The standard InChI is InChI=1S/C24H41N2.C24H35N2.C23H39N2.C19H33N2.C16H27N2.C10H23N2.6CH4/c2*1-19(2)22-8-6-21(7-9-22)18-26(5)16-14-25(15-17-26)24-12-10-23(11-13-24)20(3)4;1-18(2)21-8-10-23(11-9-21)24-12-14-25(5,15-13-24)17-20-6-7-22(16-20)19(3)4;1-16(2)10-13-21(5)14-11-20(12-15-21)19-8-6-18(7-9-19)17(3)4;1-14(2)16-7-5-15(6-8-16)13-18(4)11-9-17(3)10-12-18;1-10(2)4-7-12(3)8-5-11-6-9-12;;;;;;/h10-13,19-22H,6-9,14-18H2,1-5H3;6-13,19-20H,14-18H2,1-5H3;8-11,18-20,22H,6-7,12-17H2,1-5H3;6-9,16-17H,10-15H2,1-5H3;5-8,14H,9-13H2,1-4H3;10-11H,4-9H2,1-3H3;6*1H4/q6*+1;;;;;;. The predicted molar refractivity (Wildman–Crippen MR) is 600 cm³/mol. The van der Waals surface area contributed by atoms with Crippen molar-refractivity contribution in [2.24, 2.45) is 47.3 Å². The van der Waals surface area contributed by atoms with Crippen molar-refractivity contribution in [1.29, 1.82) is 0 Å². The number of anilines is 4. The van der Waals surface area contributed by atoms with E-state index in [0.717, 1.165) is 71.5 Å². The molecule has 6 aliphatic heterocycles. The third kappa shape index (κ3) is 39.7. The van der Waals surface area contributed by atoms with Crippen LogP contribution in [0, 0.1) is 47.3 Å². The molecule has 6 aromatic carbocycles. The predicted octanol–water partition coefficient (Wildman–Crippen LogP) is 27.8. The number of likely N-dealkylation sites (N-methyl/N-ethyl adjacent to an activating group) is 7. The normalized spacial score (nSPS) is 21.1. The zero-order chi connectivity index (χ0) is 93.2. The number of benzene rings is 6. The van der Waals surface area contributed by atoms with Gasteiger partial charge in [-0.15, -0.1) is 0 Å². The highest BCUT2D eigenvalue weighted by atomic mass is 15.4. The van der Waals surface area contributed by atoms with Crippen LogP contribution in [0.5, 0.6) is 0 Å². The molecule has 1 N–H and O–H groups in total. The summed E-state index contributed by atoms with van der Waals surface area (Å²) in [5, 5.41) is 3.41. The molecule has 134 heavy (non-hydrogen) atoms. The molecule has 12 nitrogen and oxygen atoms in total. The average molecular weight is 1860 g/mol. The summed E-state index contributed by atoms with van der Waals surface area (Å²) in [4.78, 5) is 12.7. The first-order chi connectivity index (χ1) is 60.6. The van der Waals surface area contributed by atoms with E-state index < -0.39 is 0 Å². The number of rotatable bonds is 26. The van der Waals surface area contributed by atoms with E-state index in [4.69, 9.17) is 0 Å². The van der Waals surface area contributed by atoms with Gasteiger partial charge in [0.1, 0.15) is 13.1 Å². The highest BCUT2D eigenvalue weighted by molar-refractivity contribution is 5.51. The third-order valence-electron chi connectivity index (χ3n) is 32.3. The molecule has 0 spiro atoms. The van der Waals surface area contributed by atoms with Gasteiger partial charge in [-0.3, -0.25) is 4.90 Å². The molecular formula is C122H222N12+6. The second-order valence-electron chi connectivity index (χ2n) is 47.4. The van der Waals surface area contributed by atoms with Gasteiger partial charge in [0.2, 0.25) is 0 Å². The molecule has 764 valence electrons. The topological polar surface area (TPSA) is 28.2 Å². The van der Waals surface area contributed by atoms with E-state index in [1.54, 1.807) is 0 Å². The Balaban J connectivity index is 0.000000416. The molecule has 0 radical (unpaired) electrons. The Labute approximate surface area is 833 Å². The molecule has 2 atom stereocenters. The van der Waals surface area contributed by atoms with E-state index in [9.17, 15) is 0 Å². The van der Waals surface area contributed by atoms with E-state index in [2.05, 4.69) is 363 Å². The quantitative estimate of drug-likeness (QED) is 0.0544. The average Bonchev–Trinajstić information content (AvgIpc) is 1.76. The van der Waals surface area contributed by atoms with E-state index in [0.29, 0.717) is 35.5 Å². The second kappa shape index (κ2) is 57.8. The summed E-state index contributed by atoms with van der Waals surface area (Å²) in [7, 11) is 16.9. The molecule has 12 heteroatoms. The second-order valence-corrected chi connectivity index (χ2v) is 47.4. The maximum Gasteiger partial charge on any atom is 0.104 e. The van der Waals surface area contributed by atoms with Crippen LogP contribution >= 0.6 is 0 Å². The first-order valence-corrected chi connectivity index (χ1v) is 52.6. The fraction of sp³-hybridized carbons (Fsp3) is 0.705. The van der Waals surface area contributed by atoms with Crippen LogP contribution in [0.4, 0.5) is 22.7 Å². The summed E-state index contributed by atoms with van der Waals surface area (Å²) in [6, 6.07) is 55.4. The lowest BCUT2D eigenvalue weighted by Crippen LogP contribution is -2.59. The Bertz CT molecular complexity index is 4010. The summed E-state index contributed by atoms with van der Waals surface area (Å²) in [6.07, 6.45) is 13.0. The molecule has 14 rings (SSSR count). The van der Waals surface area contributed by atoms with Crippen LogP contribution in [0.15, 0.2) is 146 Å². The van der Waals surface area contributed by atoms with E-state index >= 15 is 0 Å². The Morgan fingerprint density at radius 3 is 0.761 bits per heavy atom. The van der Waals surface area contributed by atoms with Crippen LogP contribution < -0.4 is 24.9 Å². The van der Waals surface area contributed by atoms with Crippen molar-refractivity contribution in [1.82, 2.24) is 10.2 Å². The molecule has 6 saturated heterocycles. The highest BCUT2D eigenvalue weighted by Gasteiger charge is 2.39. The fourth-order valence-electron chi connectivity index (χ4n) is 21.4. The summed E-state index contributed by atoms with van der Waals surface area (Å²) in [5.74, 6) is 11.0. The minimum Gasteiger partial charge on any atom is -0.360 e. The summed E-state index contributed by atoms with van der Waals surface area (Å²) < 4.78 is 7.44. The lowest BCUT2D eigenvalue weighted by molar-refractivity contribution is -0.926. The van der Waals surface area contributed by atoms with Crippen LogP contribution in [0.1, 0.15) is 321 Å². The molecule has 0 bridgehead atoms. The first kappa shape index (κ1) is 122. The summed E-state index contributed by atoms with van der Waals surface area (Å²) >= 11 is 0. The SMILES string of the molecule is C.C.C.C.C.C.CC(C)CC[N+]1(C)CCN(c2ccc(C(C)C)cc2)CC1.CC(C)CC[N+]1(C)CCNCC1.CC(C)c1ccc(C[N+]2(C)CCN(C)CC2)cc1.CC(C)c1ccc(C[N+]2(C)CCN(c3ccc(C(C)C)cc3)CC2)cc1.CC(C)c1ccc(N2CC[N+](C)(CC3CCC(C(C)C)C3)CC2)cc1.CC(C)c1ccc(N2CC[N+](C)(CC3CCC(C(C)C)CC3)CC2)cc1. The van der Waals surface area contributed by atoms with Crippen molar-refractivity contribution in [2.45, 2.75) is 289 Å². The van der Waals surface area contributed by atoms with Crippen molar-refractivity contribution in [3.63, 3.8) is 0 Å². The van der Waals surface area contributed by atoms with E-state index in [1.807, 2.05) is 0 Å². The van der Waals surface area contributed by atoms with Crippen LogP contribution in [0.25, 0.3) is 0 Å². The number of hydrogen-bond acceptors (Lipinski definition) is 6. The third-order valence-corrected chi connectivity index (χ3v) is 32.3. The number of nitrogens with one attached hydrogen (secondary N) is 1. The lowest BCUT2D eigenvalue weighted by atomic mass is 9.76. The highest BCUT2D eigenvalue weighted by Crippen LogP contribution is 2.39. The van der Waals surface area contributed by atoms with Gasteiger partial charge in [0.25, 0.3) is 0 Å². The van der Waals surface area contributed by atoms with Crippen LogP contribution in [0.2, 0.25) is 0 Å². The maximum atomic E-state index is 3.41. The maximum absolute atomic E-state index is 3.41. The van der Waals surface area contributed by atoms with Crippen molar-refractivity contribution < 1.29 is 26.9 Å². The van der Waals surface area contributed by atoms with Gasteiger partial charge in [-0.2, -0.15) is 0 Å². The molecule has 0 aromatic heterocycles. The Kier molecular flexibility index (Phi) is 52.8. The van der Waals surface area contributed by atoms with Crippen LogP contribution in [-0.2, 0) is 13.1 Å². The fourth-order valence-corrected chi connectivity index (χ4v) is 21.4. The minimum absolute atomic E-state index is 0. The number of hydrogen-bond donors (Lipinski definition) is 1. The molecule has 2 saturated carbocycles. The van der Waals surface area contributed by atoms with E-state index in [1.165, 1.54) is 324 Å². The first-order valence-electron chi connectivity index (χ1n) is 52.6. The zero-order valence-corrected chi connectivity index (χ0v) is 87.9. The molecule has 2 unspecified atom stereocenters. The summed E-state index contributed by atoms with van der Waals surface area (Å²) in [5.41, 5.74) is 17.2. The van der Waals surface area contributed by atoms with E-state index in [-0.39, 0.29) is 44.6 Å². The minimum atomic E-state index is 0. The molecule has 8 aliphatic rings. The van der Waals surface area contributed by atoms with Crippen molar-refractivity contribution >= 4 is 22.7 Å². The van der Waals surface area contributed by atoms with Crippen molar-refractivity contribution in [3.8, 4) is 0 Å². The van der Waals surface area contributed by atoms with Gasteiger partial charge in [0, 0.05) is 71.9 Å². The smallest absolute Gasteiger partial charge is 0.104 e. The van der Waals surface area contributed by atoms with Crippen molar-refractivity contribution in [3.05, 3.63) is 190 Å². The number of quaternary nitrogens is 6. The molecular weight excluding hydrogens is 1630 g/mol. The largest absolute Gasteiger partial charge is 0.360 e. The van der Waals surface area contributed by atoms with Gasteiger partial charge in [0.15, 0.2) is 0 Å². The number of piperazine rings is 6. The van der Waals surface area contributed by atoms with Crippen LogP contribution in [-0.4, -0.2) is 264 Å². The lowest BCUT2D eigenvalue weighted by Gasteiger charge is -2.45. The number of nitrogens with zero attached hydrogens (tertiary/aromatic N) is 11. The van der Waals surface area contributed by atoms with Gasteiger partial charge >= 0.3 is 0 Å². The molecule has 6 aromatic rings. The Hall–Kier alpha value is -5.80. The van der Waals surface area contributed by atoms with Crippen LogP contribution in [0.3, 0.4) is 0 Å². The molecule has 0 amide bonds. The van der Waals surface area contributed by atoms with Gasteiger partial charge < -0.3 is 51.8 Å². The molecule has 8 fully saturated rings. The summed E-state index contributed by atoms with van der Waals surface area (Å²) in [6.45, 7) is 83.5. The van der Waals surface area contributed by atoms with Gasteiger partial charge in [0.05, 0.1) is 199 Å². The van der Waals surface area contributed by atoms with Gasteiger partial charge in [-0.25, -0.2) is 0 Å². The monoisotopic (exact) mass is 1860 g/mol. The zero-order valence-electron chi connectivity index (χ0n) is 87.9. The van der Waals surface area contributed by atoms with Crippen molar-refractivity contribution in [2.75, 3.05) is 252 Å². The molecule has 2 aliphatic carbocycles. The molecule has 6 heterocycles. The Morgan fingerprint density at radius 2 is 0.500 bits per heavy atom. The van der Waals surface area contributed by atoms with Gasteiger partial charge in [-0.05, 0) is 218 Å². The van der Waals surface area contributed by atoms with Gasteiger partial charge in [-0.1, -0.05) is 280 Å².